The summed E-state index contributed by atoms with van der Waals surface area (Å²) in [7, 11) is 1.71. The van der Waals surface area contributed by atoms with Gasteiger partial charge in [0.1, 0.15) is 0 Å². The first-order chi connectivity index (χ1) is 13.8. The fourth-order valence-electron chi connectivity index (χ4n) is 3.20. The van der Waals surface area contributed by atoms with Crippen molar-refractivity contribution in [1.82, 2.24) is 20.5 Å². The Labute approximate surface area is 166 Å². The number of aliphatic imine (C=N–C) groups is 1. The number of amides is 1. The molecule has 7 heteroatoms. The number of aromatic nitrogens is 1. The number of hydrogen-bond donors (Lipinski definition) is 2. The molecule has 2 heterocycles. The highest BCUT2D eigenvalue weighted by molar-refractivity contribution is 5.86. The van der Waals surface area contributed by atoms with Crippen LogP contribution in [0.4, 0.5) is 5.69 Å². The maximum absolute atomic E-state index is 12.5. The smallest absolute Gasteiger partial charge is 0.242 e. The second kappa shape index (κ2) is 10.3. The molecule has 28 heavy (non-hydrogen) atoms. The Kier molecular flexibility index (Phi) is 7.23. The number of pyridine rings is 1. The normalized spacial score (nSPS) is 14.7. The van der Waals surface area contributed by atoms with E-state index in [1.165, 1.54) is 5.69 Å². The molecule has 0 spiro atoms. The van der Waals surface area contributed by atoms with Crippen molar-refractivity contribution >= 4 is 17.6 Å². The molecule has 1 saturated heterocycles. The third-order valence-electron chi connectivity index (χ3n) is 4.78. The number of carbonyl (C=O) groups is 1. The number of hydrogen-bond acceptors (Lipinski definition) is 4. The third kappa shape index (κ3) is 5.70. The van der Waals surface area contributed by atoms with E-state index in [0.717, 1.165) is 38.3 Å². The van der Waals surface area contributed by atoms with Crippen molar-refractivity contribution in [3.8, 4) is 0 Å². The molecule has 1 fully saturated rings. The monoisotopic (exact) mass is 380 g/mol. The lowest BCUT2D eigenvalue weighted by molar-refractivity contribution is -0.130. The van der Waals surface area contributed by atoms with Crippen LogP contribution >= 0.6 is 0 Å². The maximum Gasteiger partial charge on any atom is 0.242 e. The van der Waals surface area contributed by atoms with Gasteiger partial charge in [0, 0.05) is 63.8 Å². The molecule has 2 N–H and O–H groups in total. The lowest BCUT2D eigenvalue weighted by Gasteiger charge is -2.36. The number of benzene rings is 1. The first kappa shape index (κ1) is 19.7. The van der Waals surface area contributed by atoms with Crippen molar-refractivity contribution < 1.29 is 4.79 Å². The molecular weight excluding hydrogens is 352 g/mol. The van der Waals surface area contributed by atoms with E-state index in [0.29, 0.717) is 12.5 Å². The molecular formula is C21H28N6O. The van der Waals surface area contributed by atoms with Crippen LogP contribution in [0.3, 0.4) is 0 Å². The fourth-order valence-corrected chi connectivity index (χ4v) is 3.20. The lowest BCUT2D eigenvalue weighted by Crippen LogP contribution is -2.52. The summed E-state index contributed by atoms with van der Waals surface area (Å²) in [5.41, 5.74) is 2.24. The van der Waals surface area contributed by atoms with Crippen LogP contribution in [0.1, 0.15) is 5.69 Å². The standard InChI is InChI=1S/C21H28N6O/c1-22-21(24-12-10-18-7-5-6-11-23-18)25-17-20(28)27-15-13-26(14-16-27)19-8-3-2-4-9-19/h2-9,11H,10,12-17H2,1H3,(H2,22,24,25). The molecule has 1 aromatic carbocycles. The summed E-state index contributed by atoms with van der Waals surface area (Å²) >= 11 is 0. The minimum absolute atomic E-state index is 0.0976. The van der Waals surface area contributed by atoms with Gasteiger partial charge in [-0.25, -0.2) is 0 Å². The Balaban J connectivity index is 1.37. The molecule has 2 aromatic rings. The predicted molar refractivity (Wildman–Crippen MR) is 113 cm³/mol. The molecule has 0 saturated carbocycles. The lowest BCUT2D eigenvalue weighted by atomic mass is 10.2. The number of nitrogens with one attached hydrogen (secondary N) is 2. The number of piperazine rings is 1. The van der Waals surface area contributed by atoms with Gasteiger partial charge in [-0.3, -0.25) is 14.8 Å². The zero-order chi connectivity index (χ0) is 19.6. The second-order valence-corrected chi connectivity index (χ2v) is 6.63. The van der Waals surface area contributed by atoms with Crippen LogP contribution in [0, 0.1) is 0 Å². The SMILES string of the molecule is CN=C(NCCc1ccccn1)NCC(=O)N1CCN(c2ccccc2)CC1. The van der Waals surface area contributed by atoms with Crippen molar-refractivity contribution in [3.63, 3.8) is 0 Å². The zero-order valence-corrected chi connectivity index (χ0v) is 16.3. The second-order valence-electron chi connectivity index (χ2n) is 6.63. The van der Waals surface area contributed by atoms with Gasteiger partial charge in [0.2, 0.25) is 5.91 Å². The van der Waals surface area contributed by atoms with Gasteiger partial charge < -0.3 is 20.4 Å². The number of para-hydroxylation sites is 1. The summed E-state index contributed by atoms with van der Waals surface area (Å²) in [6, 6.07) is 16.2. The number of guanidine groups is 1. The van der Waals surface area contributed by atoms with Crippen LogP contribution in [0.15, 0.2) is 59.7 Å². The minimum Gasteiger partial charge on any atom is -0.368 e. The van der Waals surface area contributed by atoms with E-state index in [1.807, 2.05) is 41.3 Å². The highest BCUT2D eigenvalue weighted by Gasteiger charge is 2.21. The molecule has 0 atom stereocenters. The van der Waals surface area contributed by atoms with Crippen molar-refractivity contribution in [2.45, 2.75) is 6.42 Å². The largest absolute Gasteiger partial charge is 0.368 e. The van der Waals surface area contributed by atoms with Crippen molar-refractivity contribution in [2.75, 3.05) is 51.2 Å². The Morgan fingerprint density at radius 2 is 1.79 bits per heavy atom. The van der Waals surface area contributed by atoms with Gasteiger partial charge in [-0.2, -0.15) is 0 Å². The van der Waals surface area contributed by atoms with E-state index in [4.69, 9.17) is 0 Å². The molecule has 1 aliphatic rings. The number of rotatable bonds is 6. The van der Waals surface area contributed by atoms with Crippen molar-refractivity contribution in [1.29, 1.82) is 0 Å². The van der Waals surface area contributed by atoms with Gasteiger partial charge in [-0.05, 0) is 24.3 Å². The summed E-state index contributed by atoms with van der Waals surface area (Å²) in [5, 5.41) is 6.33. The average Bonchev–Trinajstić information content (AvgIpc) is 2.77. The van der Waals surface area contributed by atoms with Gasteiger partial charge in [-0.15, -0.1) is 0 Å². The van der Waals surface area contributed by atoms with E-state index in [2.05, 4.69) is 37.6 Å². The molecule has 7 nitrogen and oxygen atoms in total. The maximum atomic E-state index is 12.5. The van der Waals surface area contributed by atoms with Crippen LogP contribution in [-0.4, -0.2) is 68.1 Å². The van der Waals surface area contributed by atoms with Gasteiger partial charge >= 0.3 is 0 Å². The van der Waals surface area contributed by atoms with Crippen molar-refractivity contribution in [3.05, 3.63) is 60.4 Å². The quantitative estimate of drug-likeness (QED) is 0.581. The molecule has 1 aromatic heterocycles. The first-order valence-corrected chi connectivity index (χ1v) is 9.68. The topological polar surface area (TPSA) is 72.9 Å². The predicted octanol–water partition coefficient (Wildman–Crippen LogP) is 1.14. The molecule has 0 unspecified atom stereocenters. The van der Waals surface area contributed by atoms with E-state index in [-0.39, 0.29) is 12.5 Å². The molecule has 1 amide bonds. The molecule has 0 aliphatic carbocycles. The fraction of sp³-hybridized carbons (Fsp3) is 0.381. The molecule has 1 aliphatic heterocycles. The zero-order valence-electron chi connectivity index (χ0n) is 16.3. The highest BCUT2D eigenvalue weighted by atomic mass is 16.2. The molecule has 3 rings (SSSR count). The average molecular weight is 380 g/mol. The molecule has 0 radical (unpaired) electrons. The number of carbonyl (C=O) groups excluding carboxylic acids is 1. The van der Waals surface area contributed by atoms with E-state index in [1.54, 1.807) is 13.2 Å². The van der Waals surface area contributed by atoms with E-state index in [9.17, 15) is 4.79 Å². The van der Waals surface area contributed by atoms with Crippen molar-refractivity contribution in [2.24, 2.45) is 4.99 Å². The minimum atomic E-state index is 0.0976. The van der Waals surface area contributed by atoms with Gasteiger partial charge in [0.25, 0.3) is 0 Å². The van der Waals surface area contributed by atoms with Crippen LogP contribution in [0.25, 0.3) is 0 Å². The van der Waals surface area contributed by atoms with Gasteiger partial charge in [0.15, 0.2) is 5.96 Å². The summed E-state index contributed by atoms with van der Waals surface area (Å²) in [5.74, 6) is 0.729. The number of anilines is 1. The Hall–Kier alpha value is -3.09. The van der Waals surface area contributed by atoms with Crippen LogP contribution in [0.5, 0.6) is 0 Å². The molecule has 0 bridgehead atoms. The molecule has 148 valence electrons. The Bertz CT molecular complexity index is 757. The summed E-state index contributed by atoms with van der Waals surface area (Å²) in [6.07, 6.45) is 2.59. The summed E-state index contributed by atoms with van der Waals surface area (Å²) in [6.45, 7) is 4.14. The number of nitrogens with zero attached hydrogens (tertiary/aromatic N) is 4. The van der Waals surface area contributed by atoms with Gasteiger partial charge in [0.05, 0.1) is 6.54 Å². The van der Waals surface area contributed by atoms with Crippen LogP contribution in [0.2, 0.25) is 0 Å². The highest BCUT2D eigenvalue weighted by Crippen LogP contribution is 2.15. The Morgan fingerprint density at radius 3 is 2.46 bits per heavy atom. The third-order valence-corrected chi connectivity index (χ3v) is 4.78. The van der Waals surface area contributed by atoms with E-state index >= 15 is 0 Å². The van der Waals surface area contributed by atoms with Crippen LogP contribution < -0.4 is 15.5 Å². The summed E-state index contributed by atoms with van der Waals surface area (Å²) < 4.78 is 0. The Morgan fingerprint density at radius 1 is 1.04 bits per heavy atom. The first-order valence-electron chi connectivity index (χ1n) is 9.68. The van der Waals surface area contributed by atoms with E-state index < -0.39 is 0 Å². The van der Waals surface area contributed by atoms with Gasteiger partial charge in [-0.1, -0.05) is 24.3 Å². The van der Waals surface area contributed by atoms with Crippen LogP contribution in [-0.2, 0) is 11.2 Å². The summed E-state index contributed by atoms with van der Waals surface area (Å²) in [4.78, 5) is 25.2.